The third kappa shape index (κ3) is 3.86. The van der Waals surface area contributed by atoms with Crippen molar-refractivity contribution in [3.8, 4) is 17.2 Å². The van der Waals surface area contributed by atoms with Gasteiger partial charge in [-0.25, -0.2) is 0 Å². The van der Waals surface area contributed by atoms with Gasteiger partial charge in [0.1, 0.15) is 22.8 Å². The largest absolute Gasteiger partial charge is 0.496 e. The number of methoxy groups -OCH3 is 2. The van der Waals surface area contributed by atoms with E-state index < -0.39 is 0 Å². The van der Waals surface area contributed by atoms with E-state index in [4.69, 9.17) is 14.2 Å². The number of ether oxygens (including phenoxy) is 3. The first-order valence-electron chi connectivity index (χ1n) is 8.19. The number of fused-ring (bicyclic) bond motifs is 1. The molecule has 0 aliphatic carbocycles. The molecule has 1 atom stereocenters. The Hall–Kier alpha value is -1.42. The molecule has 4 heteroatoms. The van der Waals surface area contributed by atoms with Gasteiger partial charge in [0.25, 0.3) is 0 Å². The van der Waals surface area contributed by atoms with Crippen molar-refractivity contribution in [1.82, 2.24) is 5.32 Å². The summed E-state index contributed by atoms with van der Waals surface area (Å²) in [6.07, 6.45) is 4.61. The summed E-state index contributed by atoms with van der Waals surface area (Å²) in [5.74, 6) is 2.45. The predicted molar refractivity (Wildman–Crippen MR) is 89.1 cm³/mol. The normalized spacial score (nSPS) is 19.2. The maximum atomic E-state index is 6.16. The Morgan fingerprint density at radius 3 is 2.64 bits per heavy atom. The van der Waals surface area contributed by atoms with Crippen LogP contribution in [0.15, 0.2) is 12.1 Å². The molecule has 1 aromatic carbocycles. The second-order valence-electron chi connectivity index (χ2n) is 6.52. The van der Waals surface area contributed by atoms with Crippen LogP contribution < -0.4 is 19.5 Å². The molecule has 1 aliphatic rings. The molecule has 0 saturated carbocycles. The molecule has 1 aliphatic heterocycles. The molecule has 0 bridgehead atoms. The summed E-state index contributed by atoms with van der Waals surface area (Å²) in [4.78, 5) is 0. The van der Waals surface area contributed by atoms with Gasteiger partial charge in [0.15, 0.2) is 0 Å². The van der Waals surface area contributed by atoms with Crippen LogP contribution in [-0.2, 0) is 0 Å². The third-order valence-electron chi connectivity index (χ3n) is 4.13. The Labute approximate surface area is 134 Å². The molecule has 0 saturated heterocycles. The monoisotopic (exact) mass is 307 g/mol. The molecular weight excluding hydrogens is 278 g/mol. The smallest absolute Gasteiger partial charge is 0.132 e. The fourth-order valence-electron chi connectivity index (χ4n) is 3.05. The number of unbranched alkanes of at least 4 members (excludes halogenated alkanes) is 2. The molecule has 0 radical (unpaired) electrons. The van der Waals surface area contributed by atoms with Gasteiger partial charge in [0.2, 0.25) is 0 Å². The van der Waals surface area contributed by atoms with Crippen molar-refractivity contribution in [2.45, 2.75) is 58.1 Å². The summed E-state index contributed by atoms with van der Waals surface area (Å²) in [5, 5.41) is 3.68. The first kappa shape index (κ1) is 16.9. The standard InChI is InChI=1S/C18H29NO3/c1-6-7-8-9-19-14-12-18(2,3)22-16-11-13(20-4)10-15(21-5)17(14)16/h10-11,14,19H,6-9,12H2,1-5H3. The molecule has 0 fully saturated rings. The van der Waals surface area contributed by atoms with Crippen LogP contribution in [0.25, 0.3) is 0 Å². The lowest BCUT2D eigenvalue weighted by molar-refractivity contribution is 0.0644. The quantitative estimate of drug-likeness (QED) is 0.770. The van der Waals surface area contributed by atoms with Crippen molar-refractivity contribution in [2.75, 3.05) is 20.8 Å². The highest BCUT2D eigenvalue weighted by Gasteiger charge is 2.36. The van der Waals surface area contributed by atoms with Crippen LogP contribution in [0.3, 0.4) is 0 Å². The molecule has 1 N–H and O–H groups in total. The first-order chi connectivity index (χ1) is 10.5. The van der Waals surface area contributed by atoms with E-state index in [9.17, 15) is 0 Å². The van der Waals surface area contributed by atoms with Crippen LogP contribution in [0.1, 0.15) is 58.1 Å². The van der Waals surface area contributed by atoms with E-state index in [2.05, 4.69) is 26.1 Å². The second-order valence-corrected chi connectivity index (χ2v) is 6.52. The molecule has 1 aromatic rings. The Bertz CT molecular complexity index is 499. The number of hydrogen-bond donors (Lipinski definition) is 1. The number of nitrogens with one attached hydrogen (secondary N) is 1. The zero-order chi connectivity index (χ0) is 16.2. The summed E-state index contributed by atoms with van der Waals surface area (Å²) >= 11 is 0. The van der Waals surface area contributed by atoms with Crippen LogP contribution in [0.4, 0.5) is 0 Å². The third-order valence-corrected chi connectivity index (χ3v) is 4.13. The van der Waals surface area contributed by atoms with Crippen LogP contribution in [0.5, 0.6) is 17.2 Å². The van der Waals surface area contributed by atoms with Gasteiger partial charge in [0, 0.05) is 24.6 Å². The summed E-state index contributed by atoms with van der Waals surface area (Å²) in [6.45, 7) is 7.50. The van der Waals surface area contributed by atoms with Crippen molar-refractivity contribution in [3.63, 3.8) is 0 Å². The average molecular weight is 307 g/mol. The van der Waals surface area contributed by atoms with Crippen LogP contribution >= 0.6 is 0 Å². The Morgan fingerprint density at radius 1 is 1.23 bits per heavy atom. The minimum absolute atomic E-state index is 0.202. The summed E-state index contributed by atoms with van der Waals surface area (Å²) in [5.41, 5.74) is 0.909. The fourth-order valence-corrected chi connectivity index (χ4v) is 3.05. The molecule has 22 heavy (non-hydrogen) atoms. The highest BCUT2D eigenvalue weighted by atomic mass is 16.5. The van der Waals surface area contributed by atoms with Crippen LogP contribution in [0, 0.1) is 0 Å². The van der Waals surface area contributed by atoms with Crippen molar-refractivity contribution in [3.05, 3.63) is 17.7 Å². The van der Waals surface area contributed by atoms with Gasteiger partial charge in [-0.1, -0.05) is 19.8 Å². The Morgan fingerprint density at radius 2 is 2.00 bits per heavy atom. The Kier molecular flexibility index (Phi) is 5.57. The van der Waals surface area contributed by atoms with E-state index in [0.717, 1.165) is 35.8 Å². The number of hydrogen-bond acceptors (Lipinski definition) is 4. The minimum Gasteiger partial charge on any atom is -0.496 e. The zero-order valence-electron chi connectivity index (χ0n) is 14.5. The average Bonchev–Trinajstić information content (AvgIpc) is 2.48. The highest BCUT2D eigenvalue weighted by molar-refractivity contribution is 5.53. The molecule has 1 unspecified atom stereocenters. The topological polar surface area (TPSA) is 39.7 Å². The van der Waals surface area contributed by atoms with Crippen molar-refractivity contribution in [1.29, 1.82) is 0 Å². The van der Waals surface area contributed by atoms with E-state index in [1.54, 1.807) is 14.2 Å². The van der Waals surface area contributed by atoms with Gasteiger partial charge in [-0.3, -0.25) is 0 Å². The maximum absolute atomic E-state index is 6.16. The molecule has 4 nitrogen and oxygen atoms in total. The van der Waals surface area contributed by atoms with Crippen molar-refractivity contribution < 1.29 is 14.2 Å². The van der Waals surface area contributed by atoms with Gasteiger partial charge in [-0.15, -0.1) is 0 Å². The molecule has 0 spiro atoms. The summed E-state index contributed by atoms with van der Waals surface area (Å²) in [7, 11) is 3.36. The molecule has 124 valence electrons. The van der Waals surface area contributed by atoms with Crippen LogP contribution in [-0.4, -0.2) is 26.4 Å². The molecule has 0 aromatic heterocycles. The SMILES string of the molecule is CCCCCNC1CC(C)(C)Oc2cc(OC)cc(OC)c21. The number of benzene rings is 1. The van der Waals surface area contributed by atoms with E-state index in [1.165, 1.54) is 19.3 Å². The fraction of sp³-hybridized carbons (Fsp3) is 0.667. The molecule has 2 rings (SSSR count). The van der Waals surface area contributed by atoms with E-state index in [-0.39, 0.29) is 11.6 Å². The molecule has 0 amide bonds. The molecular formula is C18H29NO3. The molecule has 1 heterocycles. The lowest BCUT2D eigenvalue weighted by Crippen LogP contribution is -2.40. The minimum atomic E-state index is -0.202. The summed E-state index contributed by atoms with van der Waals surface area (Å²) < 4.78 is 17.1. The Balaban J connectivity index is 2.29. The highest BCUT2D eigenvalue weighted by Crippen LogP contribution is 2.46. The summed E-state index contributed by atoms with van der Waals surface area (Å²) in [6, 6.07) is 4.14. The zero-order valence-corrected chi connectivity index (χ0v) is 14.5. The van der Waals surface area contributed by atoms with Gasteiger partial charge in [-0.2, -0.15) is 0 Å². The van der Waals surface area contributed by atoms with Gasteiger partial charge >= 0.3 is 0 Å². The lowest BCUT2D eigenvalue weighted by Gasteiger charge is -2.38. The lowest BCUT2D eigenvalue weighted by atomic mass is 9.89. The number of rotatable bonds is 7. The van der Waals surface area contributed by atoms with E-state index in [1.807, 2.05) is 12.1 Å². The van der Waals surface area contributed by atoms with E-state index >= 15 is 0 Å². The van der Waals surface area contributed by atoms with Crippen molar-refractivity contribution in [2.24, 2.45) is 0 Å². The van der Waals surface area contributed by atoms with Gasteiger partial charge < -0.3 is 19.5 Å². The maximum Gasteiger partial charge on any atom is 0.132 e. The van der Waals surface area contributed by atoms with Crippen LogP contribution in [0.2, 0.25) is 0 Å². The second kappa shape index (κ2) is 7.23. The van der Waals surface area contributed by atoms with Crippen molar-refractivity contribution >= 4 is 0 Å². The first-order valence-corrected chi connectivity index (χ1v) is 8.19. The van der Waals surface area contributed by atoms with Gasteiger partial charge in [0.05, 0.1) is 19.8 Å². The predicted octanol–water partition coefficient (Wildman–Crippen LogP) is 4.09. The van der Waals surface area contributed by atoms with Gasteiger partial charge in [-0.05, 0) is 26.8 Å². The van der Waals surface area contributed by atoms with E-state index in [0.29, 0.717) is 0 Å².